The van der Waals surface area contributed by atoms with Gasteiger partial charge in [0.1, 0.15) is 5.75 Å². The molecule has 0 saturated heterocycles. The van der Waals surface area contributed by atoms with Gasteiger partial charge < -0.3 is 14.8 Å². The SMILES string of the molecule is CCCNC(CCCOC)c1cccc(OC(F)F)c1. The molecule has 0 radical (unpaired) electrons. The molecule has 1 N–H and O–H groups in total. The number of nitrogens with one attached hydrogen (secondary N) is 1. The molecule has 0 fully saturated rings. The fourth-order valence-electron chi connectivity index (χ4n) is 2.04. The molecule has 0 heterocycles. The molecule has 0 aliphatic carbocycles. The van der Waals surface area contributed by atoms with E-state index in [-0.39, 0.29) is 11.8 Å². The lowest BCUT2D eigenvalue weighted by Gasteiger charge is -2.19. The van der Waals surface area contributed by atoms with Crippen LogP contribution in [0.5, 0.6) is 5.75 Å². The van der Waals surface area contributed by atoms with Gasteiger partial charge in [-0.05, 0) is 43.5 Å². The first-order chi connectivity index (χ1) is 9.67. The van der Waals surface area contributed by atoms with Gasteiger partial charge in [-0.3, -0.25) is 0 Å². The molecule has 1 aromatic carbocycles. The average Bonchev–Trinajstić information content (AvgIpc) is 2.42. The molecule has 0 amide bonds. The number of ether oxygens (including phenoxy) is 2. The van der Waals surface area contributed by atoms with E-state index in [0.717, 1.165) is 31.4 Å². The second-order valence-corrected chi connectivity index (χ2v) is 4.59. The summed E-state index contributed by atoms with van der Waals surface area (Å²) in [6.45, 7) is 0.880. The fraction of sp³-hybridized carbons (Fsp3) is 0.600. The molecule has 0 aliphatic heterocycles. The van der Waals surface area contributed by atoms with Gasteiger partial charge in [-0.25, -0.2) is 0 Å². The molecule has 1 unspecified atom stereocenters. The zero-order valence-corrected chi connectivity index (χ0v) is 12.1. The topological polar surface area (TPSA) is 30.5 Å². The second-order valence-electron chi connectivity index (χ2n) is 4.59. The highest BCUT2D eigenvalue weighted by Crippen LogP contribution is 2.24. The highest BCUT2D eigenvalue weighted by atomic mass is 19.3. The van der Waals surface area contributed by atoms with Crippen LogP contribution >= 0.6 is 0 Å². The van der Waals surface area contributed by atoms with Crippen LogP contribution in [0.1, 0.15) is 37.8 Å². The van der Waals surface area contributed by atoms with Crippen LogP contribution in [0.3, 0.4) is 0 Å². The average molecular weight is 287 g/mol. The van der Waals surface area contributed by atoms with Crippen molar-refractivity contribution >= 4 is 0 Å². The van der Waals surface area contributed by atoms with E-state index in [1.807, 2.05) is 6.07 Å². The van der Waals surface area contributed by atoms with Crippen molar-refractivity contribution in [2.75, 3.05) is 20.3 Å². The summed E-state index contributed by atoms with van der Waals surface area (Å²) in [6.07, 6.45) is 2.83. The monoisotopic (exact) mass is 287 g/mol. The molecule has 0 saturated carbocycles. The van der Waals surface area contributed by atoms with Crippen molar-refractivity contribution in [3.05, 3.63) is 29.8 Å². The van der Waals surface area contributed by atoms with Crippen molar-refractivity contribution in [3.8, 4) is 5.75 Å². The highest BCUT2D eigenvalue weighted by Gasteiger charge is 2.12. The van der Waals surface area contributed by atoms with Crippen LogP contribution < -0.4 is 10.1 Å². The van der Waals surface area contributed by atoms with Gasteiger partial charge in [0.05, 0.1) is 0 Å². The van der Waals surface area contributed by atoms with Crippen molar-refractivity contribution in [2.45, 2.75) is 38.8 Å². The van der Waals surface area contributed by atoms with E-state index in [1.54, 1.807) is 25.3 Å². The van der Waals surface area contributed by atoms with E-state index in [0.29, 0.717) is 6.61 Å². The van der Waals surface area contributed by atoms with Crippen molar-refractivity contribution in [1.82, 2.24) is 5.32 Å². The molecule has 1 rings (SSSR count). The Morgan fingerprint density at radius 2 is 2.10 bits per heavy atom. The van der Waals surface area contributed by atoms with Gasteiger partial charge >= 0.3 is 6.61 Å². The molecule has 0 aliphatic rings. The zero-order valence-electron chi connectivity index (χ0n) is 12.1. The van der Waals surface area contributed by atoms with Gasteiger partial charge in [-0.15, -0.1) is 0 Å². The Morgan fingerprint density at radius 3 is 2.75 bits per heavy atom. The van der Waals surface area contributed by atoms with E-state index < -0.39 is 6.61 Å². The number of halogens is 2. The first kappa shape index (κ1) is 16.9. The van der Waals surface area contributed by atoms with Gasteiger partial charge in [-0.1, -0.05) is 19.1 Å². The van der Waals surface area contributed by atoms with Crippen molar-refractivity contribution in [1.29, 1.82) is 0 Å². The zero-order chi connectivity index (χ0) is 14.8. The predicted octanol–water partition coefficient (Wildman–Crippen LogP) is 3.76. The highest BCUT2D eigenvalue weighted by molar-refractivity contribution is 5.30. The lowest BCUT2D eigenvalue weighted by molar-refractivity contribution is -0.0499. The Hall–Kier alpha value is -1.20. The van der Waals surface area contributed by atoms with Crippen LogP contribution in [-0.2, 0) is 4.74 Å². The van der Waals surface area contributed by atoms with Crippen LogP contribution in [0.2, 0.25) is 0 Å². The largest absolute Gasteiger partial charge is 0.435 e. The van der Waals surface area contributed by atoms with Crippen LogP contribution in [0.15, 0.2) is 24.3 Å². The number of rotatable bonds is 10. The second kappa shape index (κ2) is 9.66. The van der Waals surface area contributed by atoms with E-state index in [2.05, 4.69) is 17.0 Å². The summed E-state index contributed by atoms with van der Waals surface area (Å²) in [5, 5.41) is 3.43. The third kappa shape index (κ3) is 6.30. The van der Waals surface area contributed by atoms with E-state index >= 15 is 0 Å². The van der Waals surface area contributed by atoms with Gasteiger partial charge in [0, 0.05) is 19.8 Å². The Morgan fingerprint density at radius 1 is 1.30 bits per heavy atom. The van der Waals surface area contributed by atoms with Gasteiger partial charge in [0.2, 0.25) is 0 Å². The fourth-order valence-corrected chi connectivity index (χ4v) is 2.04. The van der Waals surface area contributed by atoms with Crippen LogP contribution in [-0.4, -0.2) is 26.9 Å². The van der Waals surface area contributed by atoms with Gasteiger partial charge in [0.25, 0.3) is 0 Å². The van der Waals surface area contributed by atoms with E-state index in [4.69, 9.17) is 4.74 Å². The Labute approximate surface area is 119 Å². The summed E-state index contributed by atoms with van der Waals surface area (Å²) in [7, 11) is 1.67. The number of hydrogen-bond acceptors (Lipinski definition) is 3. The molecule has 114 valence electrons. The predicted molar refractivity (Wildman–Crippen MR) is 75.2 cm³/mol. The number of alkyl halides is 2. The third-order valence-corrected chi connectivity index (χ3v) is 2.97. The summed E-state index contributed by atoms with van der Waals surface area (Å²) in [5.74, 6) is 0.201. The van der Waals surface area contributed by atoms with Crippen LogP contribution in [0.25, 0.3) is 0 Å². The molecule has 20 heavy (non-hydrogen) atoms. The van der Waals surface area contributed by atoms with Gasteiger partial charge in [0.15, 0.2) is 0 Å². The summed E-state index contributed by atoms with van der Waals surface area (Å²) in [6, 6.07) is 7.02. The normalized spacial score (nSPS) is 12.7. The molecular weight excluding hydrogens is 264 g/mol. The van der Waals surface area contributed by atoms with E-state index in [9.17, 15) is 8.78 Å². The smallest absolute Gasteiger partial charge is 0.387 e. The Bertz CT molecular complexity index is 375. The molecule has 1 atom stereocenters. The number of hydrogen-bond donors (Lipinski definition) is 1. The third-order valence-electron chi connectivity index (χ3n) is 2.97. The summed E-state index contributed by atoms with van der Waals surface area (Å²) in [4.78, 5) is 0. The lowest BCUT2D eigenvalue weighted by atomic mass is 10.0. The Balaban J connectivity index is 2.71. The first-order valence-corrected chi connectivity index (χ1v) is 6.94. The summed E-state index contributed by atoms with van der Waals surface area (Å²) < 4.78 is 34.0. The van der Waals surface area contributed by atoms with Crippen molar-refractivity contribution in [3.63, 3.8) is 0 Å². The maximum atomic E-state index is 12.3. The number of methoxy groups -OCH3 is 1. The molecule has 0 aromatic heterocycles. The molecule has 0 bridgehead atoms. The summed E-state index contributed by atoms with van der Waals surface area (Å²) in [5.41, 5.74) is 0.965. The molecule has 0 spiro atoms. The van der Waals surface area contributed by atoms with Crippen LogP contribution in [0.4, 0.5) is 8.78 Å². The standard InChI is InChI=1S/C15H23F2NO2/c1-3-9-18-14(8-5-10-19-2)12-6-4-7-13(11-12)20-15(16)17/h4,6-7,11,14-15,18H,3,5,8-10H2,1-2H3. The molecule has 3 nitrogen and oxygen atoms in total. The van der Waals surface area contributed by atoms with Crippen LogP contribution in [0, 0.1) is 0 Å². The first-order valence-electron chi connectivity index (χ1n) is 6.94. The van der Waals surface area contributed by atoms with Crippen molar-refractivity contribution in [2.24, 2.45) is 0 Å². The minimum atomic E-state index is -2.79. The molecular formula is C15H23F2NO2. The summed E-state index contributed by atoms with van der Waals surface area (Å²) >= 11 is 0. The number of benzene rings is 1. The molecule has 5 heteroatoms. The van der Waals surface area contributed by atoms with Gasteiger partial charge in [-0.2, -0.15) is 8.78 Å². The minimum Gasteiger partial charge on any atom is -0.435 e. The maximum absolute atomic E-state index is 12.3. The Kier molecular flexibility index (Phi) is 8.14. The quantitative estimate of drug-likeness (QED) is 0.665. The van der Waals surface area contributed by atoms with Crippen molar-refractivity contribution < 1.29 is 18.3 Å². The minimum absolute atomic E-state index is 0.131. The lowest BCUT2D eigenvalue weighted by Crippen LogP contribution is -2.22. The molecule has 1 aromatic rings. The maximum Gasteiger partial charge on any atom is 0.387 e. The van der Waals surface area contributed by atoms with E-state index in [1.165, 1.54) is 0 Å².